The van der Waals surface area contributed by atoms with Crippen molar-refractivity contribution in [1.29, 1.82) is 0 Å². The molecule has 0 aliphatic carbocycles. The highest BCUT2D eigenvalue weighted by molar-refractivity contribution is 7.80. The lowest BCUT2D eigenvalue weighted by Gasteiger charge is -2.14. The monoisotopic (exact) mass is 364 g/mol. The van der Waals surface area contributed by atoms with Crippen LogP contribution in [-0.2, 0) is 6.42 Å². The molecule has 0 amide bonds. The molecule has 4 rings (SSSR count). The van der Waals surface area contributed by atoms with Crippen LogP contribution in [0.4, 0.5) is 14.5 Å². The molecule has 0 bridgehead atoms. The topological polar surface area (TPSA) is 51.8 Å². The van der Waals surface area contributed by atoms with Gasteiger partial charge in [-0.2, -0.15) is 0 Å². The maximum absolute atomic E-state index is 13.0. The normalized spacial score (nSPS) is 19.0. The molecular formula is C17H14F2N2O3S. The minimum Gasteiger partial charge on any atom is -0.488 e. The second-order valence-electron chi connectivity index (χ2n) is 5.72. The van der Waals surface area contributed by atoms with E-state index >= 15 is 0 Å². The molecule has 25 heavy (non-hydrogen) atoms. The molecule has 8 heteroatoms. The first-order valence-corrected chi connectivity index (χ1v) is 8.09. The number of nitrogens with one attached hydrogen (secondary N) is 2. The van der Waals surface area contributed by atoms with E-state index in [4.69, 9.17) is 17.0 Å². The van der Waals surface area contributed by atoms with Gasteiger partial charge >= 0.3 is 6.29 Å². The largest absolute Gasteiger partial charge is 0.586 e. The maximum Gasteiger partial charge on any atom is 0.586 e. The third-order valence-corrected chi connectivity index (χ3v) is 4.11. The van der Waals surface area contributed by atoms with Crippen LogP contribution in [0.5, 0.6) is 17.2 Å². The Morgan fingerprint density at radius 2 is 1.92 bits per heavy atom. The summed E-state index contributed by atoms with van der Waals surface area (Å²) >= 11 is 5.23. The summed E-state index contributed by atoms with van der Waals surface area (Å²) in [5.74, 6) is 0.851. The molecule has 2 aliphatic rings. The van der Waals surface area contributed by atoms with Crippen molar-refractivity contribution in [3.63, 3.8) is 0 Å². The summed E-state index contributed by atoms with van der Waals surface area (Å²) in [6.45, 7) is 0.531. The van der Waals surface area contributed by atoms with Crippen molar-refractivity contribution in [1.82, 2.24) is 5.32 Å². The SMILES string of the molecule is FC1(F)Oc2ccc(NC(=S)NCC3Cc4ccccc4O3)cc2O1. The van der Waals surface area contributed by atoms with E-state index in [-0.39, 0.29) is 17.6 Å². The van der Waals surface area contributed by atoms with Crippen molar-refractivity contribution in [3.8, 4) is 17.2 Å². The maximum atomic E-state index is 13.0. The zero-order valence-corrected chi connectivity index (χ0v) is 13.7. The number of hydrogen-bond acceptors (Lipinski definition) is 4. The van der Waals surface area contributed by atoms with Crippen molar-refractivity contribution in [3.05, 3.63) is 48.0 Å². The van der Waals surface area contributed by atoms with E-state index in [1.165, 1.54) is 17.7 Å². The average molecular weight is 364 g/mol. The van der Waals surface area contributed by atoms with E-state index in [9.17, 15) is 8.78 Å². The van der Waals surface area contributed by atoms with Gasteiger partial charge in [-0.1, -0.05) is 18.2 Å². The highest BCUT2D eigenvalue weighted by Gasteiger charge is 2.43. The first kappa shape index (κ1) is 15.9. The van der Waals surface area contributed by atoms with Crippen LogP contribution in [0.1, 0.15) is 5.56 Å². The molecule has 0 saturated carbocycles. The van der Waals surface area contributed by atoms with Crippen molar-refractivity contribution in [2.45, 2.75) is 18.8 Å². The number of ether oxygens (including phenoxy) is 3. The minimum absolute atomic E-state index is 0.00686. The van der Waals surface area contributed by atoms with Crippen LogP contribution in [0.3, 0.4) is 0 Å². The lowest BCUT2D eigenvalue weighted by atomic mass is 10.1. The second kappa shape index (κ2) is 6.03. The highest BCUT2D eigenvalue weighted by atomic mass is 32.1. The molecule has 2 heterocycles. The van der Waals surface area contributed by atoms with Crippen LogP contribution < -0.4 is 24.8 Å². The molecule has 0 fully saturated rings. The average Bonchev–Trinajstić information content (AvgIpc) is 3.11. The minimum atomic E-state index is -3.63. The number of hydrogen-bond donors (Lipinski definition) is 2. The van der Waals surface area contributed by atoms with Gasteiger partial charge in [0.05, 0.1) is 6.54 Å². The number of halogens is 2. The fourth-order valence-corrected chi connectivity index (χ4v) is 2.98. The molecule has 0 aromatic heterocycles. The number of fused-ring (bicyclic) bond motifs is 2. The third kappa shape index (κ3) is 3.43. The zero-order chi connectivity index (χ0) is 17.4. The Hall–Kier alpha value is -2.61. The number of rotatable bonds is 3. The summed E-state index contributed by atoms with van der Waals surface area (Å²) < 4.78 is 40.6. The van der Waals surface area contributed by atoms with Gasteiger partial charge in [0.2, 0.25) is 0 Å². The molecule has 0 radical (unpaired) electrons. The number of para-hydroxylation sites is 1. The van der Waals surface area contributed by atoms with Gasteiger partial charge in [-0.25, -0.2) is 0 Å². The van der Waals surface area contributed by atoms with Gasteiger partial charge in [0.1, 0.15) is 11.9 Å². The van der Waals surface area contributed by atoms with Crippen molar-refractivity contribution in [2.75, 3.05) is 11.9 Å². The number of alkyl halides is 2. The Balaban J connectivity index is 1.31. The number of anilines is 1. The zero-order valence-electron chi connectivity index (χ0n) is 12.9. The molecule has 0 saturated heterocycles. The fourth-order valence-electron chi connectivity index (χ4n) is 2.78. The lowest BCUT2D eigenvalue weighted by molar-refractivity contribution is -0.286. The van der Waals surface area contributed by atoms with Crippen molar-refractivity contribution in [2.24, 2.45) is 0 Å². The van der Waals surface area contributed by atoms with Crippen molar-refractivity contribution < 1.29 is 23.0 Å². The van der Waals surface area contributed by atoms with Crippen LogP contribution in [0.15, 0.2) is 42.5 Å². The van der Waals surface area contributed by atoms with E-state index in [1.54, 1.807) is 6.07 Å². The van der Waals surface area contributed by atoms with E-state index in [0.717, 1.165) is 12.2 Å². The summed E-state index contributed by atoms with van der Waals surface area (Å²) in [7, 11) is 0. The quantitative estimate of drug-likeness (QED) is 0.815. The Morgan fingerprint density at radius 1 is 1.12 bits per heavy atom. The number of thiocarbonyl (C=S) groups is 1. The standard InChI is InChI=1S/C17H14F2N2O3S/c18-17(19)23-14-6-5-11(8-15(14)24-17)21-16(25)20-9-12-7-10-3-1-2-4-13(10)22-12/h1-6,8,12H,7,9H2,(H2,20,21,25). The Kier molecular flexibility index (Phi) is 3.84. The molecule has 2 aromatic rings. The molecule has 130 valence electrons. The molecule has 1 atom stereocenters. The molecule has 5 nitrogen and oxygen atoms in total. The molecule has 1 unspecified atom stereocenters. The second-order valence-corrected chi connectivity index (χ2v) is 6.12. The molecule has 2 aliphatic heterocycles. The fraction of sp³-hybridized carbons (Fsp3) is 0.235. The third-order valence-electron chi connectivity index (χ3n) is 3.86. The number of benzene rings is 2. The predicted octanol–water partition coefficient (Wildman–Crippen LogP) is 3.30. The smallest absolute Gasteiger partial charge is 0.488 e. The van der Waals surface area contributed by atoms with Gasteiger partial charge in [0, 0.05) is 18.2 Å². The summed E-state index contributed by atoms with van der Waals surface area (Å²) in [6.07, 6.45) is -2.83. The summed E-state index contributed by atoms with van der Waals surface area (Å²) in [4.78, 5) is 0. The van der Waals surface area contributed by atoms with Crippen LogP contribution in [0.25, 0.3) is 0 Å². The van der Waals surface area contributed by atoms with E-state index in [2.05, 4.69) is 20.1 Å². The van der Waals surface area contributed by atoms with Gasteiger partial charge < -0.3 is 24.8 Å². The molecule has 2 aromatic carbocycles. The summed E-state index contributed by atoms with van der Waals surface area (Å²) in [6, 6.07) is 12.3. The first-order valence-electron chi connectivity index (χ1n) is 7.68. The van der Waals surface area contributed by atoms with Crippen LogP contribution in [-0.4, -0.2) is 24.1 Å². The molecule has 2 N–H and O–H groups in total. The van der Waals surface area contributed by atoms with Gasteiger partial charge in [0.15, 0.2) is 16.6 Å². The van der Waals surface area contributed by atoms with Crippen LogP contribution in [0, 0.1) is 0 Å². The predicted molar refractivity (Wildman–Crippen MR) is 91.4 cm³/mol. The van der Waals surface area contributed by atoms with E-state index in [0.29, 0.717) is 17.3 Å². The Labute approximate surface area is 147 Å². The lowest BCUT2D eigenvalue weighted by Crippen LogP contribution is -2.36. The van der Waals surface area contributed by atoms with Gasteiger partial charge in [-0.15, -0.1) is 8.78 Å². The highest BCUT2D eigenvalue weighted by Crippen LogP contribution is 2.42. The van der Waals surface area contributed by atoms with Gasteiger partial charge in [0.25, 0.3) is 0 Å². The van der Waals surface area contributed by atoms with Crippen LogP contribution in [0.2, 0.25) is 0 Å². The molecular weight excluding hydrogens is 350 g/mol. The first-order chi connectivity index (χ1) is 12.0. The van der Waals surface area contributed by atoms with Gasteiger partial charge in [-0.05, 0) is 36.0 Å². The van der Waals surface area contributed by atoms with Crippen LogP contribution >= 0.6 is 12.2 Å². The summed E-state index contributed by atoms with van der Waals surface area (Å²) in [5, 5.41) is 6.36. The Bertz CT molecular complexity index is 806. The van der Waals surface area contributed by atoms with E-state index in [1.807, 2.05) is 24.3 Å². The van der Waals surface area contributed by atoms with Crippen molar-refractivity contribution >= 4 is 23.0 Å². The Morgan fingerprint density at radius 3 is 2.76 bits per heavy atom. The molecule has 0 spiro atoms. The van der Waals surface area contributed by atoms with Gasteiger partial charge in [-0.3, -0.25) is 0 Å². The summed E-state index contributed by atoms with van der Waals surface area (Å²) in [5.41, 5.74) is 1.69. The van der Waals surface area contributed by atoms with E-state index < -0.39 is 6.29 Å².